The van der Waals surface area contributed by atoms with Crippen LogP contribution >= 0.6 is 22.7 Å². The normalized spacial score (nSPS) is 12.7. The molecule has 0 atom stereocenters. The smallest absolute Gasteiger partial charge is 0.307 e. The zero-order valence-corrected chi connectivity index (χ0v) is 33.5. The quantitative estimate of drug-likeness (QED) is 0.163. The summed E-state index contributed by atoms with van der Waals surface area (Å²) in [4.78, 5) is 0. The van der Waals surface area contributed by atoms with E-state index in [2.05, 4.69) is 6.07 Å². The zero-order chi connectivity index (χ0) is 42.2. The van der Waals surface area contributed by atoms with E-state index < -0.39 is 29.0 Å². The van der Waals surface area contributed by atoms with E-state index in [1.165, 1.54) is 12.1 Å². The van der Waals surface area contributed by atoms with Gasteiger partial charge in [-0.05, 0) is 66.2 Å². The van der Waals surface area contributed by atoms with Crippen molar-refractivity contribution in [2.75, 3.05) is 0 Å². The van der Waals surface area contributed by atoms with Crippen molar-refractivity contribution in [1.82, 2.24) is 9.13 Å². The third kappa shape index (κ3) is 5.11. The van der Waals surface area contributed by atoms with Gasteiger partial charge in [0.25, 0.3) is 0 Å². The number of hydrogen-bond donors (Lipinski definition) is 0. The van der Waals surface area contributed by atoms with Gasteiger partial charge in [-0.15, -0.1) is 22.7 Å². The molecule has 0 unspecified atom stereocenters. The first-order valence-corrected chi connectivity index (χ1v) is 21.2. The Kier molecular flexibility index (Phi) is 7.66. The highest BCUT2D eigenvalue weighted by Gasteiger charge is 2.41. The van der Waals surface area contributed by atoms with Crippen LogP contribution in [0.5, 0.6) is 0 Å². The largest absolute Gasteiger partial charge is 0.417 e. The maximum atomic E-state index is 15.2. The van der Waals surface area contributed by atoms with Crippen LogP contribution in [0.25, 0.3) is 106 Å². The molecule has 0 bridgehead atoms. The lowest BCUT2D eigenvalue weighted by atomic mass is 9.91. The highest BCUT2D eigenvalue weighted by atomic mass is 32.1. The molecule has 0 fully saturated rings. The van der Waals surface area contributed by atoms with Crippen LogP contribution in [0.15, 0.2) is 152 Å². The lowest BCUT2D eigenvalue weighted by Gasteiger charge is -2.22. The van der Waals surface area contributed by atoms with E-state index in [0.29, 0.717) is 34.2 Å². The first-order valence-electron chi connectivity index (χ1n) is 19.5. The summed E-state index contributed by atoms with van der Waals surface area (Å²) in [5.74, 6) is 0. The Morgan fingerprint density at radius 1 is 0.435 bits per heavy atom. The fourth-order valence-electron chi connectivity index (χ4n) is 9.59. The Balaban J connectivity index is 1.34. The summed E-state index contributed by atoms with van der Waals surface area (Å²) in [7, 11) is 0. The minimum absolute atomic E-state index is 0.0742. The molecule has 0 aliphatic heterocycles. The number of halogens is 6. The third-order valence-electron chi connectivity index (χ3n) is 12.0. The van der Waals surface area contributed by atoms with Gasteiger partial charge in [-0.2, -0.15) is 31.6 Å². The number of aromatic nitrogens is 2. The van der Waals surface area contributed by atoms with Gasteiger partial charge in [0.1, 0.15) is 11.6 Å². The van der Waals surface area contributed by atoms with Crippen LogP contribution in [-0.2, 0) is 12.4 Å². The number of alkyl halides is 6. The second-order valence-electron chi connectivity index (χ2n) is 15.3. The van der Waals surface area contributed by atoms with E-state index in [9.17, 15) is 5.26 Å². The Hall–Kier alpha value is -7.13. The molecule has 0 saturated carbocycles. The molecule has 0 amide bonds. The van der Waals surface area contributed by atoms with Crippen LogP contribution in [0.2, 0.25) is 0 Å². The van der Waals surface area contributed by atoms with Gasteiger partial charge >= 0.3 is 12.4 Å². The van der Waals surface area contributed by atoms with Crippen LogP contribution in [0.1, 0.15) is 16.7 Å². The molecule has 0 radical (unpaired) electrons. The molecule has 298 valence electrons. The lowest BCUT2D eigenvalue weighted by molar-refractivity contribution is -0.142. The molecule has 0 saturated heterocycles. The van der Waals surface area contributed by atoms with Gasteiger partial charge in [-0.1, -0.05) is 91.0 Å². The van der Waals surface area contributed by atoms with Gasteiger partial charge in [0, 0.05) is 67.5 Å². The molecule has 12 aromatic rings. The van der Waals surface area contributed by atoms with Crippen molar-refractivity contribution in [2.24, 2.45) is 0 Å². The molecular weight excluding hydrogens is 833 g/mol. The monoisotopic (exact) mass is 857 g/mol. The number of benzene rings is 8. The first kappa shape index (κ1) is 36.7. The molecule has 8 aromatic carbocycles. The van der Waals surface area contributed by atoms with E-state index in [4.69, 9.17) is 0 Å². The van der Waals surface area contributed by atoms with Crippen molar-refractivity contribution >= 4 is 107 Å². The highest BCUT2D eigenvalue weighted by Crippen LogP contribution is 2.50. The first-order chi connectivity index (χ1) is 30.0. The Bertz CT molecular complexity index is 3690. The molecule has 3 nitrogen and oxygen atoms in total. The Morgan fingerprint density at radius 3 is 1.29 bits per heavy atom. The number of hydrogen-bond acceptors (Lipinski definition) is 3. The van der Waals surface area contributed by atoms with Crippen molar-refractivity contribution in [3.63, 3.8) is 0 Å². The van der Waals surface area contributed by atoms with Crippen LogP contribution in [-0.4, -0.2) is 9.13 Å². The summed E-state index contributed by atoms with van der Waals surface area (Å²) in [5.41, 5.74) is -1.20. The van der Waals surface area contributed by atoms with Crippen molar-refractivity contribution in [2.45, 2.75) is 12.4 Å². The third-order valence-corrected chi connectivity index (χ3v) is 14.3. The molecule has 11 heteroatoms. The van der Waals surface area contributed by atoms with Gasteiger partial charge in [-0.3, -0.25) is 0 Å². The number of nitrogens with zero attached hydrogens (tertiary/aromatic N) is 3. The fourth-order valence-corrected chi connectivity index (χ4v) is 11.8. The number of para-hydroxylation sites is 2. The van der Waals surface area contributed by atoms with Crippen molar-refractivity contribution in [1.29, 1.82) is 5.26 Å². The van der Waals surface area contributed by atoms with E-state index in [0.717, 1.165) is 68.0 Å². The van der Waals surface area contributed by atoms with E-state index in [1.807, 2.05) is 130 Å². The topological polar surface area (TPSA) is 33.6 Å². The fraction of sp³-hybridized carbons (Fsp3) is 0.0392. The molecule has 62 heavy (non-hydrogen) atoms. The predicted molar refractivity (Wildman–Crippen MR) is 241 cm³/mol. The van der Waals surface area contributed by atoms with Crippen LogP contribution in [0.3, 0.4) is 0 Å². The van der Waals surface area contributed by atoms with Gasteiger partial charge in [0.2, 0.25) is 0 Å². The summed E-state index contributed by atoms with van der Waals surface area (Å²) >= 11 is 3.17. The second-order valence-corrected chi connectivity index (χ2v) is 17.5. The lowest BCUT2D eigenvalue weighted by Crippen LogP contribution is -2.15. The minimum Gasteiger partial charge on any atom is -0.307 e. The van der Waals surface area contributed by atoms with Crippen molar-refractivity contribution in [3.05, 3.63) is 168 Å². The standard InChI is InChI=1S/C51H25F6N3S2/c52-50(53,54)35-14-9-15-36(51(55,56)57)45(35)27-24-39(59-37-16-5-1-10-28(37)30-20-22-43-46(48(30)59)32-12-3-7-18-41(32)61-43)34(26-58)40(25-27)60-38-17-6-2-11-29(38)31-21-23-44-47(49(31)60)33-13-4-8-19-42(33)62-44/h1-25H. The van der Waals surface area contributed by atoms with Crippen LogP contribution in [0, 0.1) is 11.3 Å². The predicted octanol–water partition coefficient (Wildman–Crippen LogP) is 16.2. The van der Waals surface area contributed by atoms with E-state index in [1.54, 1.807) is 22.7 Å². The average molecular weight is 858 g/mol. The second kappa shape index (κ2) is 12.9. The minimum atomic E-state index is -5.16. The van der Waals surface area contributed by atoms with Gasteiger partial charge < -0.3 is 9.13 Å². The summed E-state index contributed by atoms with van der Waals surface area (Å²) in [5, 5.41) is 18.4. The van der Waals surface area contributed by atoms with Gasteiger partial charge in [0.15, 0.2) is 0 Å². The summed E-state index contributed by atoms with van der Waals surface area (Å²) in [6.07, 6.45) is -10.3. The van der Waals surface area contributed by atoms with Crippen molar-refractivity contribution in [3.8, 4) is 28.6 Å². The molecule has 12 rings (SSSR count). The summed E-state index contributed by atoms with van der Waals surface area (Å²) in [6.45, 7) is 0. The van der Waals surface area contributed by atoms with Crippen molar-refractivity contribution < 1.29 is 26.3 Å². The molecular formula is C51H25F6N3S2. The number of fused-ring (bicyclic) bond motifs is 14. The Morgan fingerprint density at radius 2 is 0.855 bits per heavy atom. The van der Waals surface area contributed by atoms with Crippen LogP contribution in [0.4, 0.5) is 26.3 Å². The number of thiophene rings is 2. The number of nitriles is 1. The SMILES string of the molecule is N#Cc1c(-n2c3ccccc3c3ccc4sc5ccccc5c4c32)cc(-c2c(C(F)(F)F)cccc2C(F)(F)F)cc1-n1c2ccccc2c2ccc3sc4ccccc4c3c21. The summed E-state index contributed by atoms with van der Waals surface area (Å²) < 4.78 is 98.7. The molecule has 0 aliphatic rings. The molecule has 4 heterocycles. The van der Waals surface area contributed by atoms with Gasteiger partial charge in [-0.25, -0.2) is 0 Å². The maximum Gasteiger partial charge on any atom is 0.417 e. The van der Waals surface area contributed by atoms with Crippen LogP contribution < -0.4 is 0 Å². The highest BCUT2D eigenvalue weighted by molar-refractivity contribution is 7.26. The molecule has 4 aromatic heterocycles. The van der Waals surface area contributed by atoms with E-state index in [-0.39, 0.29) is 22.5 Å². The zero-order valence-electron chi connectivity index (χ0n) is 31.9. The number of rotatable bonds is 3. The van der Waals surface area contributed by atoms with E-state index >= 15 is 26.3 Å². The molecule has 0 aliphatic carbocycles. The molecule has 0 N–H and O–H groups in total. The molecule has 0 spiro atoms. The Labute approximate surface area is 355 Å². The maximum absolute atomic E-state index is 15.2. The summed E-state index contributed by atoms with van der Waals surface area (Å²) in [6, 6.07) is 46.2. The van der Waals surface area contributed by atoms with Gasteiger partial charge in [0.05, 0.1) is 44.6 Å². The average Bonchev–Trinajstić information content (AvgIpc) is 4.02.